The maximum absolute atomic E-state index is 13.6. The van der Waals surface area contributed by atoms with Gasteiger partial charge in [0.2, 0.25) is 5.91 Å². The average molecular weight is 635 g/mol. The summed E-state index contributed by atoms with van der Waals surface area (Å²) in [4.78, 5) is 26.8. The number of aliphatic hydroxyl groups is 1. The van der Waals surface area contributed by atoms with E-state index in [1.807, 2.05) is 104 Å². The Labute approximate surface area is 278 Å². The Bertz CT molecular complexity index is 1540. The van der Waals surface area contributed by atoms with Crippen LogP contribution in [0.15, 0.2) is 109 Å². The lowest BCUT2D eigenvalue weighted by Crippen LogP contribution is -2.50. The summed E-state index contributed by atoms with van der Waals surface area (Å²) in [6, 6.07) is 33.4. The molecule has 0 spiro atoms. The summed E-state index contributed by atoms with van der Waals surface area (Å²) >= 11 is 0. The summed E-state index contributed by atoms with van der Waals surface area (Å²) in [7, 11) is 0. The SMILES string of the molecule is Cc1ccc(OCCC(=O)NC(Cc2ccccc2)[C@@H](O)CC(NC(=O)c2cccc(Oc3ccccc3)c2)C2CCCCC2)cc1. The van der Waals surface area contributed by atoms with Gasteiger partial charge in [0.15, 0.2) is 0 Å². The molecule has 3 N–H and O–H groups in total. The van der Waals surface area contributed by atoms with Crippen LogP contribution in [-0.4, -0.2) is 41.7 Å². The van der Waals surface area contributed by atoms with Crippen LogP contribution in [-0.2, 0) is 11.2 Å². The van der Waals surface area contributed by atoms with Crippen LogP contribution in [0.2, 0.25) is 0 Å². The number of carbonyl (C=O) groups is 2. The molecular weight excluding hydrogens is 588 g/mol. The lowest BCUT2D eigenvalue weighted by atomic mass is 9.80. The zero-order valence-electron chi connectivity index (χ0n) is 27.1. The molecule has 3 atom stereocenters. The number of hydrogen-bond donors (Lipinski definition) is 3. The Kier molecular flexibility index (Phi) is 12.4. The van der Waals surface area contributed by atoms with Gasteiger partial charge in [-0.05, 0) is 86.6 Å². The Hall–Kier alpha value is -4.62. The number of aryl methyl sites for hydroxylation is 1. The van der Waals surface area contributed by atoms with E-state index < -0.39 is 12.1 Å². The van der Waals surface area contributed by atoms with E-state index in [0.29, 0.717) is 35.7 Å². The number of aliphatic hydroxyl groups excluding tert-OH is 1. The fourth-order valence-electron chi connectivity index (χ4n) is 6.23. The van der Waals surface area contributed by atoms with Crippen molar-refractivity contribution in [3.63, 3.8) is 0 Å². The van der Waals surface area contributed by atoms with Crippen molar-refractivity contribution in [2.24, 2.45) is 5.92 Å². The van der Waals surface area contributed by atoms with Gasteiger partial charge in [0.05, 0.1) is 25.2 Å². The third kappa shape index (κ3) is 10.7. The van der Waals surface area contributed by atoms with Crippen LogP contribution in [0, 0.1) is 12.8 Å². The first-order valence-electron chi connectivity index (χ1n) is 16.8. The van der Waals surface area contributed by atoms with Gasteiger partial charge in [-0.1, -0.05) is 91.6 Å². The van der Waals surface area contributed by atoms with E-state index in [4.69, 9.17) is 9.47 Å². The number of carbonyl (C=O) groups excluding carboxylic acids is 2. The van der Waals surface area contributed by atoms with Gasteiger partial charge in [0, 0.05) is 11.6 Å². The van der Waals surface area contributed by atoms with Crippen LogP contribution in [0.4, 0.5) is 0 Å². The second kappa shape index (κ2) is 17.3. The highest BCUT2D eigenvalue weighted by Gasteiger charge is 2.31. The highest BCUT2D eigenvalue weighted by molar-refractivity contribution is 5.94. The van der Waals surface area contributed by atoms with Gasteiger partial charge in [-0.15, -0.1) is 0 Å². The highest BCUT2D eigenvalue weighted by atomic mass is 16.5. The fourth-order valence-corrected chi connectivity index (χ4v) is 6.23. The molecule has 246 valence electrons. The van der Waals surface area contributed by atoms with Gasteiger partial charge in [0.25, 0.3) is 5.91 Å². The maximum atomic E-state index is 13.6. The third-order valence-corrected chi connectivity index (χ3v) is 8.83. The standard InChI is InChI=1S/C40H46N2O5/c1-29-20-22-33(23-21-29)46-25-24-39(44)41-37(26-30-12-5-2-6-13-30)38(43)28-36(31-14-7-3-8-15-31)42-40(45)32-16-11-19-35(27-32)47-34-17-9-4-10-18-34/h2,4-6,9-13,16-23,27,31,36-38,43H,3,7-8,14-15,24-26,28H2,1H3,(H,41,44)(H,42,45)/t36?,37?,38-/m0/s1. The Balaban J connectivity index is 1.26. The van der Waals surface area contributed by atoms with Crippen molar-refractivity contribution < 1.29 is 24.2 Å². The Morgan fingerprint density at radius 3 is 2.19 bits per heavy atom. The Morgan fingerprint density at radius 2 is 1.47 bits per heavy atom. The van der Waals surface area contributed by atoms with Crippen LogP contribution in [0.5, 0.6) is 17.2 Å². The van der Waals surface area contributed by atoms with Crippen LogP contribution in [0.3, 0.4) is 0 Å². The van der Waals surface area contributed by atoms with Crippen molar-refractivity contribution in [2.75, 3.05) is 6.61 Å². The molecule has 0 aliphatic heterocycles. The van der Waals surface area contributed by atoms with E-state index in [1.165, 1.54) is 6.42 Å². The van der Waals surface area contributed by atoms with Crippen molar-refractivity contribution in [3.8, 4) is 17.2 Å². The molecule has 1 aliphatic carbocycles. The lowest BCUT2D eigenvalue weighted by Gasteiger charge is -2.34. The lowest BCUT2D eigenvalue weighted by molar-refractivity contribution is -0.123. The number of rotatable bonds is 15. The minimum absolute atomic E-state index is 0.163. The largest absolute Gasteiger partial charge is 0.493 e. The number of benzene rings is 4. The molecule has 4 aromatic rings. The zero-order chi connectivity index (χ0) is 32.8. The summed E-state index contributed by atoms with van der Waals surface area (Å²) in [6.07, 6.45) is 5.42. The second-order valence-electron chi connectivity index (χ2n) is 12.5. The first kappa shape index (κ1) is 33.7. The molecular formula is C40H46N2O5. The average Bonchev–Trinajstić information content (AvgIpc) is 3.10. The molecule has 0 heterocycles. The van der Waals surface area contributed by atoms with Crippen LogP contribution in [0.25, 0.3) is 0 Å². The van der Waals surface area contributed by atoms with Crippen LogP contribution < -0.4 is 20.1 Å². The molecule has 0 radical (unpaired) electrons. The molecule has 4 aromatic carbocycles. The van der Waals surface area contributed by atoms with Gasteiger partial charge in [-0.25, -0.2) is 0 Å². The molecule has 1 saturated carbocycles. The molecule has 5 rings (SSSR count). The minimum atomic E-state index is -0.878. The molecule has 7 nitrogen and oxygen atoms in total. The third-order valence-electron chi connectivity index (χ3n) is 8.83. The van der Waals surface area contributed by atoms with Gasteiger partial charge >= 0.3 is 0 Å². The van der Waals surface area contributed by atoms with Gasteiger partial charge in [-0.2, -0.15) is 0 Å². The first-order chi connectivity index (χ1) is 22.9. The normalized spacial score (nSPS) is 15.2. The monoisotopic (exact) mass is 634 g/mol. The van der Waals surface area contributed by atoms with Gasteiger partial charge in [0.1, 0.15) is 17.2 Å². The summed E-state index contributed by atoms with van der Waals surface area (Å²) in [5.41, 5.74) is 2.65. The molecule has 1 aliphatic rings. The molecule has 1 fully saturated rings. The molecule has 7 heteroatoms. The molecule has 2 unspecified atom stereocenters. The zero-order valence-corrected chi connectivity index (χ0v) is 27.1. The summed E-state index contributed by atoms with van der Waals surface area (Å²) in [5.74, 6) is 1.83. The first-order valence-corrected chi connectivity index (χ1v) is 16.8. The van der Waals surface area contributed by atoms with Crippen molar-refractivity contribution in [3.05, 3.63) is 126 Å². The number of ether oxygens (including phenoxy) is 2. The minimum Gasteiger partial charge on any atom is -0.493 e. The van der Waals surface area contributed by atoms with Crippen LogP contribution in [0.1, 0.15) is 66.4 Å². The van der Waals surface area contributed by atoms with E-state index >= 15 is 0 Å². The molecule has 0 saturated heterocycles. The van der Waals surface area contributed by atoms with E-state index in [9.17, 15) is 14.7 Å². The predicted octanol–water partition coefficient (Wildman–Crippen LogP) is 7.41. The Morgan fingerprint density at radius 1 is 0.787 bits per heavy atom. The highest BCUT2D eigenvalue weighted by Crippen LogP contribution is 2.30. The molecule has 47 heavy (non-hydrogen) atoms. The van der Waals surface area contributed by atoms with E-state index in [2.05, 4.69) is 10.6 Å². The molecule has 2 amide bonds. The van der Waals surface area contributed by atoms with Crippen molar-refractivity contribution in [2.45, 2.75) is 76.5 Å². The predicted molar refractivity (Wildman–Crippen MR) is 185 cm³/mol. The molecule has 0 aromatic heterocycles. The fraction of sp³-hybridized carbons (Fsp3) is 0.350. The van der Waals surface area contributed by atoms with Crippen molar-refractivity contribution in [1.82, 2.24) is 10.6 Å². The van der Waals surface area contributed by atoms with Gasteiger partial charge in [-0.3, -0.25) is 9.59 Å². The number of hydrogen-bond acceptors (Lipinski definition) is 5. The topological polar surface area (TPSA) is 96.9 Å². The molecule has 0 bridgehead atoms. The second-order valence-corrected chi connectivity index (χ2v) is 12.5. The van der Waals surface area contributed by atoms with Crippen molar-refractivity contribution >= 4 is 11.8 Å². The number of nitrogens with one attached hydrogen (secondary N) is 2. The van der Waals surface area contributed by atoms with Crippen LogP contribution >= 0.6 is 0 Å². The number of para-hydroxylation sites is 1. The maximum Gasteiger partial charge on any atom is 0.251 e. The van der Waals surface area contributed by atoms with E-state index in [-0.39, 0.29) is 36.8 Å². The van der Waals surface area contributed by atoms with Gasteiger partial charge < -0.3 is 25.2 Å². The van der Waals surface area contributed by atoms with E-state index in [1.54, 1.807) is 12.1 Å². The summed E-state index contributed by atoms with van der Waals surface area (Å²) in [5, 5.41) is 18.1. The smallest absolute Gasteiger partial charge is 0.251 e. The number of amides is 2. The summed E-state index contributed by atoms with van der Waals surface area (Å²) in [6.45, 7) is 2.25. The quantitative estimate of drug-likeness (QED) is 0.127. The van der Waals surface area contributed by atoms with Crippen molar-refractivity contribution in [1.29, 1.82) is 0 Å². The summed E-state index contributed by atoms with van der Waals surface area (Å²) < 4.78 is 11.8. The van der Waals surface area contributed by atoms with E-state index in [0.717, 1.165) is 36.8 Å².